The Bertz CT molecular complexity index is 905. The van der Waals surface area contributed by atoms with E-state index in [9.17, 15) is 4.79 Å². The second-order valence-corrected chi connectivity index (χ2v) is 7.97. The zero-order valence-corrected chi connectivity index (χ0v) is 17.2. The van der Waals surface area contributed by atoms with Gasteiger partial charge in [0.05, 0.1) is 34.6 Å². The predicted molar refractivity (Wildman–Crippen MR) is 110 cm³/mol. The van der Waals surface area contributed by atoms with Crippen LogP contribution in [0.1, 0.15) is 30.9 Å². The first-order valence-electron chi connectivity index (χ1n) is 9.44. The lowest BCUT2D eigenvalue weighted by molar-refractivity contribution is -0.135. The van der Waals surface area contributed by atoms with E-state index in [1.54, 1.807) is 24.1 Å². The molecule has 1 saturated heterocycles. The van der Waals surface area contributed by atoms with E-state index in [0.717, 1.165) is 37.9 Å². The minimum atomic E-state index is -0.498. The molecule has 0 radical (unpaired) electrons. The number of fused-ring (bicyclic) bond motifs is 1. The molecule has 0 N–H and O–H groups in total. The summed E-state index contributed by atoms with van der Waals surface area (Å²) in [6.07, 6.45) is 4.91. The summed E-state index contributed by atoms with van der Waals surface area (Å²) >= 11 is 12.4. The van der Waals surface area contributed by atoms with Crippen molar-refractivity contribution in [2.75, 3.05) is 26.8 Å². The van der Waals surface area contributed by atoms with Crippen molar-refractivity contribution in [3.8, 4) is 0 Å². The number of rotatable bonds is 4. The van der Waals surface area contributed by atoms with Gasteiger partial charge < -0.3 is 9.64 Å². The SMILES string of the molecule is COCC1=Nc2ccnn2C(c2ccc(Cl)c(Cl)c2)C1C(=O)N1CCCCC1. The van der Waals surface area contributed by atoms with Gasteiger partial charge in [-0.15, -0.1) is 0 Å². The molecule has 6 nitrogen and oxygen atoms in total. The van der Waals surface area contributed by atoms with E-state index in [0.29, 0.717) is 21.6 Å². The largest absolute Gasteiger partial charge is 0.379 e. The number of ether oxygens (including phenoxy) is 1. The van der Waals surface area contributed by atoms with Crippen molar-refractivity contribution >= 4 is 40.6 Å². The summed E-state index contributed by atoms with van der Waals surface area (Å²) in [6, 6.07) is 6.95. The predicted octanol–water partition coefficient (Wildman–Crippen LogP) is 4.14. The minimum Gasteiger partial charge on any atom is -0.379 e. The molecule has 1 aromatic heterocycles. The number of carbonyl (C=O) groups excluding carboxylic acids is 1. The van der Waals surface area contributed by atoms with Gasteiger partial charge in [0.15, 0.2) is 5.82 Å². The van der Waals surface area contributed by atoms with Crippen LogP contribution in [0, 0.1) is 5.92 Å². The molecule has 0 bridgehead atoms. The third-order valence-electron chi connectivity index (χ3n) is 5.36. The number of methoxy groups -OCH3 is 1. The smallest absolute Gasteiger partial charge is 0.234 e. The van der Waals surface area contributed by atoms with Gasteiger partial charge in [-0.25, -0.2) is 9.67 Å². The number of benzene rings is 1. The minimum absolute atomic E-state index is 0.0627. The molecule has 2 aliphatic heterocycles. The lowest BCUT2D eigenvalue weighted by Crippen LogP contribution is -2.47. The molecule has 0 saturated carbocycles. The molecule has 0 spiro atoms. The molecule has 2 aliphatic rings. The molecule has 2 atom stereocenters. The molecule has 0 aliphatic carbocycles. The number of carbonyl (C=O) groups is 1. The van der Waals surface area contributed by atoms with Crippen molar-refractivity contribution in [3.05, 3.63) is 46.1 Å². The van der Waals surface area contributed by atoms with E-state index < -0.39 is 5.92 Å². The van der Waals surface area contributed by atoms with Crippen LogP contribution in [0.3, 0.4) is 0 Å². The third-order valence-corrected chi connectivity index (χ3v) is 6.10. The van der Waals surface area contributed by atoms with Crippen LogP contribution in [-0.2, 0) is 9.53 Å². The van der Waals surface area contributed by atoms with Crippen LogP contribution in [0.15, 0.2) is 35.5 Å². The number of hydrogen-bond acceptors (Lipinski definition) is 4. The normalized spacial score (nSPS) is 22.0. The first-order valence-corrected chi connectivity index (χ1v) is 10.2. The zero-order valence-electron chi connectivity index (χ0n) is 15.6. The van der Waals surface area contributed by atoms with Crippen LogP contribution in [-0.4, -0.2) is 53.1 Å². The number of aromatic nitrogens is 2. The standard InChI is InChI=1S/C20H22Cl2N4O2/c1-28-12-16-18(20(27)25-9-3-2-4-10-25)19(26-17(24-16)7-8-23-26)13-5-6-14(21)15(22)11-13/h5-8,11,18-19H,2-4,9-10,12H2,1H3. The van der Waals surface area contributed by atoms with Crippen molar-refractivity contribution < 1.29 is 9.53 Å². The van der Waals surface area contributed by atoms with Crippen LogP contribution in [0.2, 0.25) is 10.0 Å². The van der Waals surface area contributed by atoms with E-state index in [-0.39, 0.29) is 18.6 Å². The summed E-state index contributed by atoms with van der Waals surface area (Å²) in [4.78, 5) is 20.2. The van der Waals surface area contributed by atoms with Crippen LogP contribution in [0.4, 0.5) is 5.82 Å². The third kappa shape index (κ3) is 3.56. The van der Waals surface area contributed by atoms with E-state index in [2.05, 4.69) is 5.10 Å². The van der Waals surface area contributed by atoms with E-state index in [4.69, 9.17) is 32.9 Å². The number of hydrogen-bond donors (Lipinski definition) is 0. The van der Waals surface area contributed by atoms with Gasteiger partial charge in [-0.2, -0.15) is 5.10 Å². The Morgan fingerprint density at radius 3 is 2.68 bits per heavy atom. The monoisotopic (exact) mass is 420 g/mol. The van der Waals surface area contributed by atoms with Crippen molar-refractivity contribution in [2.45, 2.75) is 25.3 Å². The van der Waals surface area contributed by atoms with Crippen molar-refractivity contribution in [1.29, 1.82) is 0 Å². The lowest BCUT2D eigenvalue weighted by atomic mass is 9.86. The first-order chi connectivity index (χ1) is 13.6. The number of amides is 1. The highest BCUT2D eigenvalue weighted by atomic mass is 35.5. The van der Waals surface area contributed by atoms with Crippen molar-refractivity contribution in [3.63, 3.8) is 0 Å². The summed E-state index contributed by atoms with van der Waals surface area (Å²) in [5, 5.41) is 5.39. The first kappa shape index (κ1) is 19.4. The number of likely N-dealkylation sites (tertiary alicyclic amines) is 1. The molecule has 8 heteroatoms. The molecular formula is C20H22Cl2N4O2. The van der Waals surface area contributed by atoms with E-state index in [1.807, 2.05) is 23.1 Å². The molecule has 148 valence electrons. The van der Waals surface area contributed by atoms with Gasteiger partial charge in [-0.1, -0.05) is 29.3 Å². The highest BCUT2D eigenvalue weighted by Gasteiger charge is 2.42. The van der Waals surface area contributed by atoms with E-state index in [1.165, 1.54) is 0 Å². The molecule has 1 fully saturated rings. The molecule has 28 heavy (non-hydrogen) atoms. The number of piperidine rings is 1. The zero-order chi connectivity index (χ0) is 19.7. The number of nitrogens with zero attached hydrogens (tertiary/aromatic N) is 4. The lowest BCUT2D eigenvalue weighted by Gasteiger charge is -2.37. The fraction of sp³-hybridized carbons (Fsp3) is 0.450. The fourth-order valence-electron chi connectivity index (χ4n) is 4.04. The van der Waals surface area contributed by atoms with Crippen molar-refractivity contribution in [1.82, 2.24) is 14.7 Å². The summed E-state index contributed by atoms with van der Waals surface area (Å²) in [7, 11) is 1.62. The summed E-state index contributed by atoms with van der Waals surface area (Å²) in [5.74, 6) is 0.265. The Morgan fingerprint density at radius 2 is 1.96 bits per heavy atom. The molecule has 1 amide bonds. The van der Waals surface area contributed by atoms with Gasteiger partial charge in [0.1, 0.15) is 5.92 Å². The van der Waals surface area contributed by atoms with Crippen LogP contribution in [0.25, 0.3) is 0 Å². The fourth-order valence-corrected chi connectivity index (χ4v) is 4.35. The van der Waals surface area contributed by atoms with Crippen LogP contribution >= 0.6 is 23.2 Å². The Balaban J connectivity index is 1.81. The highest BCUT2D eigenvalue weighted by Crippen LogP contribution is 2.39. The average molecular weight is 421 g/mol. The summed E-state index contributed by atoms with van der Waals surface area (Å²) in [6.45, 7) is 1.83. The molecular weight excluding hydrogens is 399 g/mol. The average Bonchev–Trinajstić information content (AvgIpc) is 3.18. The van der Waals surface area contributed by atoms with Crippen LogP contribution < -0.4 is 0 Å². The highest BCUT2D eigenvalue weighted by molar-refractivity contribution is 6.42. The summed E-state index contributed by atoms with van der Waals surface area (Å²) < 4.78 is 7.19. The molecule has 4 rings (SSSR count). The maximum absolute atomic E-state index is 13.6. The second-order valence-electron chi connectivity index (χ2n) is 7.15. The topological polar surface area (TPSA) is 59.7 Å². The van der Waals surface area contributed by atoms with Gasteiger partial charge in [0.25, 0.3) is 0 Å². The van der Waals surface area contributed by atoms with E-state index >= 15 is 0 Å². The van der Waals surface area contributed by atoms with Gasteiger partial charge in [-0.05, 0) is 37.0 Å². The Kier molecular flexibility index (Phi) is 5.71. The number of halogens is 2. The molecule has 1 aromatic carbocycles. The Labute approximate surface area is 174 Å². The summed E-state index contributed by atoms with van der Waals surface area (Å²) in [5.41, 5.74) is 1.58. The molecule has 2 unspecified atom stereocenters. The Hall–Kier alpha value is -1.89. The van der Waals surface area contributed by atoms with Gasteiger partial charge in [-0.3, -0.25) is 4.79 Å². The maximum Gasteiger partial charge on any atom is 0.234 e. The van der Waals surface area contributed by atoms with Gasteiger partial charge in [0.2, 0.25) is 5.91 Å². The van der Waals surface area contributed by atoms with Gasteiger partial charge >= 0.3 is 0 Å². The van der Waals surface area contributed by atoms with Crippen LogP contribution in [0.5, 0.6) is 0 Å². The Morgan fingerprint density at radius 1 is 1.18 bits per heavy atom. The van der Waals surface area contributed by atoms with Gasteiger partial charge in [0, 0.05) is 26.3 Å². The maximum atomic E-state index is 13.6. The molecule has 2 aromatic rings. The number of aliphatic imine (C=N–C) groups is 1. The second kappa shape index (κ2) is 8.23. The molecule has 3 heterocycles. The quantitative estimate of drug-likeness (QED) is 0.746. The van der Waals surface area contributed by atoms with Crippen molar-refractivity contribution in [2.24, 2.45) is 10.9 Å².